The molecule has 0 saturated heterocycles. The van der Waals surface area contributed by atoms with E-state index in [9.17, 15) is 0 Å². The van der Waals surface area contributed by atoms with Crippen molar-refractivity contribution in [3.8, 4) is 5.75 Å². The first kappa shape index (κ1) is 14.1. The quantitative estimate of drug-likeness (QED) is 0.639. The summed E-state index contributed by atoms with van der Waals surface area (Å²) < 4.78 is 5.62. The fourth-order valence-electron chi connectivity index (χ4n) is 1.62. The number of ether oxygens (including phenoxy) is 1. The van der Waals surface area contributed by atoms with E-state index in [2.05, 4.69) is 0 Å². The van der Waals surface area contributed by atoms with Gasteiger partial charge in [-0.05, 0) is 23.8 Å². The molecule has 0 unspecified atom stereocenters. The number of hydrogen-bond donors (Lipinski definition) is 1. The number of hydrogen-bond acceptors (Lipinski definition) is 3. The monoisotopic (exact) mass is 293 g/mol. The Morgan fingerprint density at radius 3 is 2.74 bits per heavy atom. The van der Waals surface area contributed by atoms with Crippen molar-refractivity contribution < 1.29 is 4.74 Å². The third-order valence-corrected chi connectivity index (χ3v) is 3.91. The van der Waals surface area contributed by atoms with Gasteiger partial charge in [-0.25, -0.2) is 0 Å². The van der Waals surface area contributed by atoms with Crippen LogP contribution in [0.2, 0.25) is 5.02 Å². The van der Waals surface area contributed by atoms with Crippen molar-refractivity contribution in [3.63, 3.8) is 0 Å². The molecule has 0 atom stereocenters. The van der Waals surface area contributed by atoms with Gasteiger partial charge in [-0.15, -0.1) is 0 Å². The molecule has 0 radical (unpaired) electrons. The van der Waals surface area contributed by atoms with Crippen LogP contribution < -0.4 is 10.5 Å². The maximum Gasteiger partial charge on any atom is 0.121 e. The Balaban J connectivity index is 1.69. The highest BCUT2D eigenvalue weighted by atomic mass is 35.5. The number of rotatable bonds is 6. The Bertz CT molecular complexity index is 533. The molecule has 2 aromatic rings. The average Bonchev–Trinajstić information content (AvgIpc) is 2.40. The third-order valence-electron chi connectivity index (χ3n) is 2.57. The van der Waals surface area contributed by atoms with Gasteiger partial charge in [0.05, 0.1) is 6.61 Å². The molecule has 0 aromatic heterocycles. The molecule has 2 aromatic carbocycles. The zero-order chi connectivity index (χ0) is 13.5. The van der Waals surface area contributed by atoms with Crippen LogP contribution in [0, 0.1) is 0 Å². The summed E-state index contributed by atoms with van der Waals surface area (Å²) >= 11 is 7.90. The van der Waals surface area contributed by atoms with Crippen molar-refractivity contribution in [1.29, 1.82) is 0 Å². The van der Waals surface area contributed by atoms with E-state index < -0.39 is 0 Å². The van der Waals surface area contributed by atoms with Crippen LogP contribution in [0.1, 0.15) is 5.56 Å². The van der Waals surface area contributed by atoms with Gasteiger partial charge in [-0.1, -0.05) is 35.9 Å². The molecule has 0 aliphatic carbocycles. The Hall–Kier alpha value is -1.32. The highest BCUT2D eigenvalue weighted by Crippen LogP contribution is 2.21. The van der Waals surface area contributed by atoms with Crippen LogP contribution in [0.15, 0.2) is 48.5 Å². The number of benzene rings is 2. The average molecular weight is 294 g/mol. The van der Waals surface area contributed by atoms with Crippen molar-refractivity contribution >= 4 is 29.1 Å². The smallest absolute Gasteiger partial charge is 0.121 e. The minimum Gasteiger partial charge on any atom is -0.493 e. The Morgan fingerprint density at radius 2 is 1.95 bits per heavy atom. The molecule has 0 fully saturated rings. The predicted molar refractivity (Wildman–Crippen MR) is 84.0 cm³/mol. The lowest BCUT2D eigenvalue weighted by atomic mass is 10.2. The van der Waals surface area contributed by atoms with Crippen LogP contribution in [0.25, 0.3) is 0 Å². The van der Waals surface area contributed by atoms with Gasteiger partial charge in [0.1, 0.15) is 5.75 Å². The molecule has 0 aliphatic rings. The zero-order valence-electron chi connectivity index (χ0n) is 10.5. The van der Waals surface area contributed by atoms with Crippen LogP contribution in [0.4, 0.5) is 5.69 Å². The van der Waals surface area contributed by atoms with Crippen molar-refractivity contribution in [1.82, 2.24) is 0 Å². The highest BCUT2D eigenvalue weighted by molar-refractivity contribution is 7.98. The van der Waals surface area contributed by atoms with Gasteiger partial charge in [0, 0.05) is 28.3 Å². The van der Waals surface area contributed by atoms with E-state index in [1.165, 1.54) is 0 Å². The summed E-state index contributed by atoms with van der Waals surface area (Å²) in [5, 5.41) is 0.826. The van der Waals surface area contributed by atoms with E-state index in [0.29, 0.717) is 6.61 Å². The molecule has 2 N–H and O–H groups in total. The van der Waals surface area contributed by atoms with E-state index in [0.717, 1.165) is 33.5 Å². The van der Waals surface area contributed by atoms with E-state index in [1.807, 2.05) is 48.5 Å². The maximum absolute atomic E-state index is 6.09. The number of nitrogen functional groups attached to an aromatic ring is 1. The standard InChI is InChI=1S/C15H16ClNOS/c16-15-7-2-1-4-12(15)11-19-9-8-18-14-6-3-5-13(17)10-14/h1-7,10H,8-9,11,17H2. The van der Waals surface area contributed by atoms with E-state index in [-0.39, 0.29) is 0 Å². The summed E-state index contributed by atoms with van der Waals surface area (Å²) in [6, 6.07) is 15.4. The highest BCUT2D eigenvalue weighted by Gasteiger charge is 1.99. The summed E-state index contributed by atoms with van der Waals surface area (Å²) in [7, 11) is 0. The molecule has 0 heterocycles. The lowest BCUT2D eigenvalue weighted by molar-refractivity contribution is 0.344. The number of halogens is 1. The fraction of sp³-hybridized carbons (Fsp3) is 0.200. The van der Waals surface area contributed by atoms with Gasteiger partial charge in [-0.3, -0.25) is 0 Å². The van der Waals surface area contributed by atoms with Crippen molar-refractivity contribution in [2.24, 2.45) is 0 Å². The normalized spacial score (nSPS) is 10.4. The molecule has 0 aliphatic heterocycles. The lowest BCUT2D eigenvalue weighted by Crippen LogP contribution is -2.01. The van der Waals surface area contributed by atoms with Crippen LogP contribution in [-0.2, 0) is 5.75 Å². The largest absolute Gasteiger partial charge is 0.493 e. The molecule has 0 spiro atoms. The first-order valence-corrected chi connectivity index (χ1v) is 7.58. The lowest BCUT2D eigenvalue weighted by Gasteiger charge is -2.07. The fourth-order valence-corrected chi connectivity index (χ4v) is 2.72. The molecule has 100 valence electrons. The molecule has 19 heavy (non-hydrogen) atoms. The van der Waals surface area contributed by atoms with E-state index in [4.69, 9.17) is 22.1 Å². The van der Waals surface area contributed by atoms with Gasteiger partial charge < -0.3 is 10.5 Å². The van der Waals surface area contributed by atoms with E-state index >= 15 is 0 Å². The van der Waals surface area contributed by atoms with Gasteiger partial charge in [0.15, 0.2) is 0 Å². The summed E-state index contributed by atoms with van der Waals surface area (Å²) in [5.41, 5.74) is 7.57. The molecule has 0 amide bonds. The van der Waals surface area contributed by atoms with Crippen molar-refractivity contribution in [2.75, 3.05) is 18.1 Å². The SMILES string of the molecule is Nc1cccc(OCCSCc2ccccc2Cl)c1. The Morgan fingerprint density at radius 1 is 1.11 bits per heavy atom. The molecule has 4 heteroatoms. The molecule has 0 saturated carbocycles. The van der Waals surface area contributed by atoms with Gasteiger partial charge in [-0.2, -0.15) is 11.8 Å². The summed E-state index contributed by atoms with van der Waals surface area (Å²) in [6.07, 6.45) is 0. The second-order valence-electron chi connectivity index (χ2n) is 4.06. The Labute approximate surface area is 122 Å². The number of nitrogens with two attached hydrogens (primary N) is 1. The summed E-state index contributed by atoms with van der Waals surface area (Å²) in [6.45, 7) is 0.665. The van der Waals surface area contributed by atoms with Gasteiger partial charge in [0.2, 0.25) is 0 Å². The van der Waals surface area contributed by atoms with Gasteiger partial charge >= 0.3 is 0 Å². The topological polar surface area (TPSA) is 35.2 Å². The molecule has 0 bridgehead atoms. The predicted octanol–water partition coefficient (Wildman–Crippen LogP) is 4.23. The second-order valence-corrected chi connectivity index (χ2v) is 5.58. The zero-order valence-corrected chi connectivity index (χ0v) is 12.1. The van der Waals surface area contributed by atoms with Crippen molar-refractivity contribution in [2.45, 2.75) is 5.75 Å². The van der Waals surface area contributed by atoms with Crippen LogP contribution in [0.5, 0.6) is 5.75 Å². The van der Waals surface area contributed by atoms with Crippen LogP contribution in [0.3, 0.4) is 0 Å². The number of thioether (sulfide) groups is 1. The maximum atomic E-state index is 6.09. The first-order chi connectivity index (χ1) is 9.25. The molecule has 2 rings (SSSR count). The van der Waals surface area contributed by atoms with E-state index in [1.54, 1.807) is 11.8 Å². The van der Waals surface area contributed by atoms with Crippen LogP contribution >= 0.6 is 23.4 Å². The minimum atomic E-state index is 0.665. The first-order valence-electron chi connectivity index (χ1n) is 6.05. The number of anilines is 1. The minimum absolute atomic E-state index is 0.665. The second kappa shape index (κ2) is 7.31. The molecule has 2 nitrogen and oxygen atoms in total. The summed E-state index contributed by atoms with van der Waals surface area (Å²) in [4.78, 5) is 0. The Kier molecular flexibility index (Phi) is 5.43. The molecular formula is C15H16ClNOS. The third kappa shape index (κ3) is 4.69. The van der Waals surface area contributed by atoms with Crippen LogP contribution in [-0.4, -0.2) is 12.4 Å². The molecular weight excluding hydrogens is 278 g/mol. The van der Waals surface area contributed by atoms with Gasteiger partial charge in [0.25, 0.3) is 0 Å². The summed E-state index contributed by atoms with van der Waals surface area (Å²) in [5.74, 6) is 2.64. The van der Waals surface area contributed by atoms with Crippen molar-refractivity contribution in [3.05, 3.63) is 59.1 Å².